The number of allylic oxidation sites excluding steroid dienone is 1. The predicted molar refractivity (Wildman–Crippen MR) is 73.5 cm³/mol. The Balaban J connectivity index is 3.05. The Morgan fingerprint density at radius 2 is 1.94 bits per heavy atom. The third-order valence-electron chi connectivity index (χ3n) is 2.36. The highest BCUT2D eigenvalue weighted by Crippen LogP contribution is 2.14. The number of nitrogens with zero attached hydrogens (tertiary/aromatic N) is 1. The molecule has 0 aliphatic rings. The van der Waals surface area contributed by atoms with Crippen molar-refractivity contribution in [2.45, 2.75) is 18.7 Å². The molecule has 1 aromatic rings. The molecule has 4 heteroatoms. The first-order valence-electron chi connectivity index (χ1n) is 5.69. The lowest BCUT2D eigenvalue weighted by molar-refractivity contribution is 0.478. The largest absolute Gasteiger partial charge is 0.244 e. The molecule has 0 saturated carbocycles. The van der Waals surface area contributed by atoms with Crippen molar-refractivity contribution in [3.63, 3.8) is 0 Å². The lowest BCUT2D eigenvalue weighted by atomic mass is 10.4. The second-order valence-corrected chi connectivity index (χ2v) is 5.54. The molecule has 0 aliphatic carbocycles. The van der Waals surface area contributed by atoms with Crippen LogP contribution < -0.4 is 0 Å². The smallest absolute Gasteiger partial charge is 0.207 e. The fourth-order valence-electron chi connectivity index (χ4n) is 1.38. The van der Waals surface area contributed by atoms with E-state index >= 15 is 0 Å². The van der Waals surface area contributed by atoms with Crippen LogP contribution in [-0.2, 0) is 10.0 Å². The predicted octanol–water partition coefficient (Wildman–Crippen LogP) is 2.28. The van der Waals surface area contributed by atoms with E-state index in [1.54, 1.807) is 43.3 Å². The Hall–Kier alpha value is -1.57. The van der Waals surface area contributed by atoms with Gasteiger partial charge in [-0.3, -0.25) is 0 Å². The van der Waals surface area contributed by atoms with E-state index in [-0.39, 0.29) is 6.54 Å². The molecule has 0 unspecified atom stereocenters. The monoisotopic (exact) mass is 263 g/mol. The van der Waals surface area contributed by atoms with Crippen LogP contribution in [0.15, 0.2) is 47.4 Å². The SMILES string of the molecule is CC#CCN(C/C=C/C)S(=O)(=O)c1ccccc1. The van der Waals surface area contributed by atoms with Crippen LogP contribution in [-0.4, -0.2) is 25.8 Å². The van der Waals surface area contributed by atoms with Crippen molar-refractivity contribution in [2.24, 2.45) is 0 Å². The summed E-state index contributed by atoms with van der Waals surface area (Å²) in [6, 6.07) is 8.41. The van der Waals surface area contributed by atoms with Gasteiger partial charge in [-0.1, -0.05) is 36.3 Å². The lowest BCUT2D eigenvalue weighted by Crippen LogP contribution is -2.31. The maximum absolute atomic E-state index is 12.4. The third kappa shape index (κ3) is 3.73. The molecular weight excluding hydrogens is 246 g/mol. The molecule has 1 rings (SSSR count). The van der Waals surface area contributed by atoms with E-state index < -0.39 is 10.0 Å². The first kappa shape index (κ1) is 14.5. The number of hydrogen-bond donors (Lipinski definition) is 0. The van der Waals surface area contributed by atoms with Crippen LogP contribution in [0, 0.1) is 11.8 Å². The molecule has 96 valence electrons. The van der Waals surface area contributed by atoms with Gasteiger partial charge in [0.25, 0.3) is 0 Å². The van der Waals surface area contributed by atoms with Gasteiger partial charge in [-0.05, 0) is 26.0 Å². The molecule has 1 aromatic carbocycles. The molecule has 0 spiro atoms. The summed E-state index contributed by atoms with van der Waals surface area (Å²) in [5.74, 6) is 5.51. The summed E-state index contributed by atoms with van der Waals surface area (Å²) in [6.07, 6.45) is 3.63. The number of sulfonamides is 1. The van der Waals surface area contributed by atoms with Crippen molar-refractivity contribution in [3.05, 3.63) is 42.5 Å². The van der Waals surface area contributed by atoms with Gasteiger partial charge in [-0.2, -0.15) is 4.31 Å². The fourth-order valence-corrected chi connectivity index (χ4v) is 2.70. The molecule has 0 aliphatic heterocycles. The van der Waals surface area contributed by atoms with Crippen molar-refractivity contribution < 1.29 is 8.42 Å². The standard InChI is InChI=1S/C14H17NO2S/c1-3-5-12-15(13-6-4-2)18(16,17)14-10-8-7-9-11-14/h3,5,7-11H,12-13H2,1-2H3/b5-3+. The van der Waals surface area contributed by atoms with Crippen molar-refractivity contribution in [3.8, 4) is 11.8 Å². The van der Waals surface area contributed by atoms with E-state index in [4.69, 9.17) is 0 Å². The minimum Gasteiger partial charge on any atom is -0.207 e. The highest BCUT2D eigenvalue weighted by Gasteiger charge is 2.22. The summed E-state index contributed by atoms with van der Waals surface area (Å²) < 4.78 is 26.1. The van der Waals surface area contributed by atoms with Gasteiger partial charge in [0, 0.05) is 6.54 Å². The Morgan fingerprint density at radius 1 is 1.28 bits per heavy atom. The third-order valence-corrected chi connectivity index (χ3v) is 4.18. The number of hydrogen-bond acceptors (Lipinski definition) is 2. The van der Waals surface area contributed by atoms with Gasteiger partial charge in [0.05, 0.1) is 11.4 Å². The molecule has 0 fully saturated rings. The molecule has 0 N–H and O–H groups in total. The van der Waals surface area contributed by atoms with E-state index in [9.17, 15) is 8.42 Å². The van der Waals surface area contributed by atoms with E-state index in [0.717, 1.165) is 0 Å². The normalized spacial score (nSPS) is 11.5. The van der Waals surface area contributed by atoms with Gasteiger partial charge in [0.15, 0.2) is 0 Å². The van der Waals surface area contributed by atoms with Crippen LogP contribution in [0.25, 0.3) is 0 Å². The molecule has 0 bridgehead atoms. The van der Waals surface area contributed by atoms with Crippen molar-refractivity contribution in [2.75, 3.05) is 13.1 Å². The Morgan fingerprint density at radius 3 is 2.50 bits per heavy atom. The second kappa shape index (κ2) is 7.00. The molecular formula is C14H17NO2S. The van der Waals surface area contributed by atoms with Gasteiger partial charge in [-0.15, -0.1) is 5.92 Å². The molecule has 0 saturated heterocycles. The van der Waals surface area contributed by atoms with Gasteiger partial charge in [-0.25, -0.2) is 8.42 Å². The zero-order valence-corrected chi connectivity index (χ0v) is 11.4. The van der Waals surface area contributed by atoms with Gasteiger partial charge in [0.2, 0.25) is 10.0 Å². The maximum Gasteiger partial charge on any atom is 0.244 e. The number of rotatable bonds is 5. The molecule has 0 atom stereocenters. The van der Waals surface area contributed by atoms with E-state index in [1.807, 2.05) is 13.0 Å². The zero-order valence-electron chi connectivity index (χ0n) is 10.6. The van der Waals surface area contributed by atoms with E-state index in [2.05, 4.69) is 11.8 Å². The molecule has 0 aromatic heterocycles. The zero-order chi connectivity index (χ0) is 13.4. The Bertz CT molecular complexity index is 550. The van der Waals surface area contributed by atoms with Gasteiger partial charge >= 0.3 is 0 Å². The fraction of sp³-hybridized carbons (Fsp3) is 0.286. The molecule has 0 amide bonds. The first-order valence-corrected chi connectivity index (χ1v) is 7.13. The van der Waals surface area contributed by atoms with Crippen LogP contribution in [0.3, 0.4) is 0 Å². The van der Waals surface area contributed by atoms with Crippen molar-refractivity contribution >= 4 is 10.0 Å². The van der Waals surface area contributed by atoms with Crippen LogP contribution in [0.5, 0.6) is 0 Å². The summed E-state index contributed by atoms with van der Waals surface area (Å²) in [7, 11) is -3.47. The van der Waals surface area contributed by atoms with E-state index in [0.29, 0.717) is 11.4 Å². The van der Waals surface area contributed by atoms with Crippen LogP contribution in [0.4, 0.5) is 0 Å². The summed E-state index contributed by atoms with van der Waals surface area (Å²) in [5.41, 5.74) is 0. The topological polar surface area (TPSA) is 37.4 Å². The van der Waals surface area contributed by atoms with Crippen LogP contribution >= 0.6 is 0 Å². The van der Waals surface area contributed by atoms with Crippen molar-refractivity contribution in [1.29, 1.82) is 0 Å². The van der Waals surface area contributed by atoms with Crippen LogP contribution in [0.1, 0.15) is 13.8 Å². The molecule has 0 radical (unpaired) electrons. The maximum atomic E-state index is 12.4. The van der Waals surface area contributed by atoms with Crippen molar-refractivity contribution in [1.82, 2.24) is 4.31 Å². The Labute approximate surface area is 109 Å². The molecule has 0 heterocycles. The average molecular weight is 263 g/mol. The van der Waals surface area contributed by atoms with Gasteiger partial charge < -0.3 is 0 Å². The number of benzene rings is 1. The van der Waals surface area contributed by atoms with Gasteiger partial charge in [0.1, 0.15) is 0 Å². The summed E-state index contributed by atoms with van der Waals surface area (Å²) in [4.78, 5) is 0.299. The summed E-state index contributed by atoms with van der Waals surface area (Å²) in [5, 5.41) is 0. The minimum absolute atomic E-state index is 0.206. The van der Waals surface area contributed by atoms with E-state index in [1.165, 1.54) is 4.31 Å². The highest BCUT2D eigenvalue weighted by molar-refractivity contribution is 7.89. The quantitative estimate of drug-likeness (QED) is 0.603. The summed E-state index contributed by atoms with van der Waals surface area (Å²) in [6.45, 7) is 4.10. The lowest BCUT2D eigenvalue weighted by Gasteiger charge is -2.18. The highest BCUT2D eigenvalue weighted by atomic mass is 32.2. The second-order valence-electron chi connectivity index (χ2n) is 3.61. The van der Waals surface area contributed by atoms with Crippen LogP contribution in [0.2, 0.25) is 0 Å². The molecule has 3 nitrogen and oxygen atoms in total. The summed E-state index contributed by atoms with van der Waals surface area (Å²) >= 11 is 0. The average Bonchev–Trinajstić information content (AvgIpc) is 2.39. The first-order chi connectivity index (χ1) is 8.62. The molecule has 18 heavy (non-hydrogen) atoms. The Kier molecular flexibility index (Phi) is 5.63. The minimum atomic E-state index is -3.47.